The Hall–Kier alpha value is -1.75. The molecular weight excluding hydrogens is 222 g/mol. The maximum atomic E-state index is 11.4. The lowest BCUT2D eigenvalue weighted by Crippen LogP contribution is -2.27. The van der Waals surface area contributed by atoms with E-state index in [0.29, 0.717) is 17.1 Å². The van der Waals surface area contributed by atoms with E-state index in [4.69, 9.17) is 9.47 Å². The van der Waals surface area contributed by atoms with Gasteiger partial charge >= 0.3 is 0 Å². The number of ether oxygens (including phenoxy) is 2. The minimum absolute atomic E-state index is 0.0830. The molecule has 0 aliphatic rings. The van der Waals surface area contributed by atoms with Gasteiger partial charge in [-0.05, 0) is 6.07 Å². The number of rotatable bonds is 5. The van der Waals surface area contributed by atoms with Gasteiger partial charge in [0.25, 0.3) is 5.91 Å². The summed E-state index contributed by atoms with van der Waals surface area (Å²) in [5.74, 6) is 0.760. The average molecular weight is 239 g/mol. The molecule has 1 aromatic rings. The Morgan fingerprint density at radius 2 is 2.12 bits per heavy atom. The zero-order chi connectivity index (χ0) is 12.8. The third-order valence-electron chi connectivity index (χ3n) is 2.29. The Kier molecular flexibility index (Phi) is 4.78. The minimum Gasteiger partial charge on any atom is -0.493 e. The van der Waals surface area contributed by atoms with Crippen molar-refractivity contribution in [2.24, 2.45) is 0 Å². The fourth-order valence-electron chi connectivity index (χ4n) is 1.27. The Bertz CT molecular complexity index is 368. The van der Waals surface area contributed by atoms with E-state index >= 15 is 0 Å². The molecule has 0 saturated heterocycles. The Morgan fingerprint density at radius 3 is 2.65 bits per heavy atom. The Balaban J connectivity index is 2.84. The molecule has 0 aromatic heterocycles. The summed E-state index contributed by atoms with van der Waals surface area (Å²) in [7, 11) is 4.82. The first kappa shape index (κ1) is 13.3. The molecule has 17 heavy (non-hydrogen) atoms. The number of methoxy groups -OCH3 is 1. The topological polar surface area (TPSA) is 59.0 Å². The lowest BCUT2D eigenvalue weighted by Gasteiger charge is -2.15. The SMILES string of the molecule is COc1cccc(CO)c1OCC(=O)N(C)C. The highest BCUT2D eigenvalue weighted by molar-refractivity contribution is 5.77. The van der Waals surface area contributed by atoms with Crippen LogP contribution in [0.2, 0.25) is 0 Å². The van der Waals surface area contributed by atoms with Crippen molar-refractivity contribution in [1.29, 1.82) is 0 Å². The first-order valence-corrected chi connectivity index (χ1v) is 5.19. The van der Waals surface area contributed by atoms with Crippen LogP contribution in [0.5, 0.6) is 11.5 Å². The maximum absolute atomic E-state index is 11.4. The molecule has 0 spiro atoms. The third kappa shape index (κ3) is 3.35. The number of aliphatic hydroxyl groups is 1. The molecule has 1 N–H and O–H groups in total. The van der Waals surface area contributed by atoms with Crippen LogP contribution in [0.15, 0.2) is 18.2 Å². The van der Waals surface area contributed by atoms with E-state index in [1.54, 1.807) is 32.3 Å². The van der Waals surface area contributed by atoms with Crippen LogP contribution in [0, 0.1) is 0 Å². The van der Waals surface area contributed by atoms with E-state index in [0.717, 1.165) is 0 Å². The number of hydrogen-bond acceptors (Lipinski definition) is 4. The van der Waals surface area contributed by atoms with Gasteiger partial charge in [0.2, 0.25) is 0 Å². The van der Waals surface area contributed by atoms with Crippen LogP contribution in [0.3, 0.4) is 0 Å². The minimum atomic E-state index is -0.164. The second-order valence-electron chi connectivity index (χ2n) is 3.68. The maximum Gasteiger partial charge on any atom is 0.259 e. The van der Waals surface area contributed by atoms with Crippen molar-refractivity contribution >= 4 is 5.91 Å². The zero-order valence-electron chi connectivity index (χ0n) is 10.3. The number of hydrogen-bond donors (Lipinski definition) is 1. The number of carbonyl (C=O) groups is 1. The standard InChI is InChI=1S/C12H17NO4/c1-13(2)11(15)8-17-12-9(7-14)5-4-6-10(12)16-3/h4-6,14H,7-8H2,1-3H3. The molecule has 0 fully saturated rings. The number of likely N-dealkylation sites (N-methyl/N-ethyl adjacent to an activating group) is 1. The lowest BCUT2D eigenvalue weighted by atomic mass is 10.2. The summed E-state index contributed by atoms with van der Waals surface area (Å²) in [6.45, 7) is -0.247. The number of benzene rings is 1. The molecule has 0 aliphatic heterocycles. The van der Waals surface area contributed by atoms with Crippen LogP contribution in [-0.2, 0) is 11.4 Å². The number of carbonyl (C=O) groups excluding carboxylic acids is 1. The summed E-state index contributed by atoms with van der Waals surface area (Å²) in [5.41, 5.74) is 0.593. The van der Waals surface area contributed by atoms with Crippen molar-refractivity contribution in [1.82, 2.24) is 4.90 Å². The first-order chi connectivity index (χ1) is 8.10. The molecule has 5 heteroatoms. The van der Waals surface area contributed by atoms with Gasteiger partial charge in [-0.2, -0.15) is 0 Å². The van der Waals surface area contributed by atoms with Crippen molar-refractivity contribution in [3.8, 4) is 11.5 Å². The van der Waals surface area contributed by atoms with Gasteiger partial charge in [0.15, 0.2) is 18.1 Å². The monoisotopic (exact) mass is 239 g/mol. The second-order valence-corrected chi connectivity index (χ2v) is 3.68. The lowest BCUT2D eigenvalue weighted by molar-refractivity contribution is -0.130. The van der Waals surface area contributed by atoms with Gasteiger partial charge in [-0.3, -0.25) is 4.79 Å². The molecular formula is C12H17NO4. The largest absolute Gasteiger partial charge is 0.493 e. The molecule has 1 aromatic carbocycles. The van der Waals surface area contributed by atoms with Crippen molar-refractivity contribution in [3.63, 3.8) is 0 Å². The van der Waals surface area contributed by atoms with Gasteiger partial charge in [-0.15, -0.1) is 0 Å². The quantitative estimate of drug-likeness (QED) is 0.819. The van der Waals surface area contributed by atoms with Gasteiger partial charge in [-0.25, -0.2) is 0 Å². The molecule has 0 saturated carbocycles. The molecule has 94 valence electrons. The molecule has 0 aliphatic carbocycles. The van der Waals surface area contributed by atoms with E-state index in [2.05, 4.69) is 0 Å². The summed E-state index contributed by atoms with van der Waals surface area (Å²) >= 11 is 0. The van der Waals surface area contributed by atoms with Crippen LogP contribution in [0.1, 0.15) is 5.56 Å². The van der Waals surface area contributed by atoms with Gasteiger partial charge in [0.05, 0.1) is 13.7 Å². The van der Waals surface area contributed by atoms with E-state index < -0.39 is 0 Å². The van der Waals surface area contributed by atoms with Gasteiger partial charge < -0.3 is 19.5 Å². The second kappa shape index (κ2) is 6.10. The fraction of sp³-hybridized carbons (Fsp3) is 0.417. The van der Waals surface area contributed by atoms with Gasteiger partial charge in [0, 0.05) is 19.7 Å². The van der Waals surface area contributed by atoms with Crippen molar-refractivity contribution < 1.29 is 19.4 Å². The molecule has 1 rings (SSSR count). The van der Waals surface area contributed by atoms with Gasteiger partial charge in [0.1, 0.15) is 0 Å². The summed E-state index contributed by atoms with van der Waals surface area (Å²) in [6, 6.07) is 5.19. The first-order valence-electron chi connectivity index (χ1n) is 5.19. The number of amides is 1. The van der Waals surface area contributed by atoms with Crippen LogP contribution in [0.4, 0.5) is 0 Å². The van der Waals surface area contributed by atoms with E-state index in [-0.39, 0.29) is 19.1 Å². The highest BCUT2D eigenvalue weighted by Crippen LogP contribution is 2.30. The fourth-order valence-corrected chi connectivity index (χ4v) is 1.27. The molecule has 0 atom stereocenters. The number of nitrogens with zero attached hydrogens (tertiary/aromatic N) is 1. The van der Waals surface area contributed by atoms with Crippen molar-refractivity contribution in [3.05, 3.63) is 23.8 Å². The molecule has 1 amide bonds. The van der Waals surface area contributed by atoms with Crippen LogP contribution in [-0.4, -0.2) is 43.7 Å². The molecule has 0 unspecified atom stereocenters. The van der Waals surface area contributed by atoms with E-state index in [9.17, 15) is 9.90 Å². The average Bonchev–Trinajstić information content (AvgIpc) is 2.34. The summed E-state index contributed by atoms with van der Waals surface area (Å²) in [5, 5.41) is 9.18. The normalized spacial score (nSPS) is 9.88. The van der Waals surface area contributed by atoms with Crippen LogP contribution < -0.4 is 9.47 Å². The van der Waals surface area contributed by atoms with Gasteiger partial charge in [-0.1, -0.05) is 12.1 Å². The molecule has 0 bridgehead atoms. The molecule has 0 radical (unpaired) electrons. The highest BCUT2D eigenvalue weighted by atomic mass is 16.5. The Morgan fingerprint density at radius 1 is 1.41 bits per heavy atom. The van der Waals surface area contributed by atoms with E-state index in [1.807, 2.05) is 0 Å². The summed E-state index contributed by atoms with van der Waals surface area (Å²) < 4.78 is 10.5. The number of aliphatic hydroxyl groups excluding tert-OH is 1. The van der Waals surface area contributed by atoms with E-state index in [1.165, 1.54) is 12.0 Å². The third-order valence-corrected chi connectivity index (χ3v) is 2.29. The zero-order valence-corrected chi connectivity index (χ0v) is 10.3. The predicted molar refractivity (Wildman–Crippen MR) is 63.1 cm³/mol. The molecule has 0 heterocycles. The predicted octanol–water partition coefficient (Wildman–Crippen LogP) is 0.654. The highest BCUT2D eigenvalue weighted by Gasteiger charge is 2.12. The van der Waals surface area contributed by atoms with Crippen LogP contribution >= 0.6 is 0 Å². The smallest absolute Gasteiger partial charge is 0.259 e. The van der Waals surface area contributed by atoms with Crippen molar-refractivity contribution in [2.45, 2.75) is 6.61 Å². The summed E-state index contributed by atoms with van der Waals surface area (Å²) in [6.07, 6.45) is 0. The number of para-hydroxylation sites is 1. The van der Waals surface area contributed by atoms with Crippen LogP contribution in [0.25, 0.3) is 0 Å². The summed E-state index contributed by atoms with van der Waals surface area (Å²) in [4.78, 5) is 12.9. The Labute approximate surface area is 101 Å². The molecule has 5 nitrogen and oxygen atoms in total. The van der Waals surface area contributed by atoms with Crippen molar-refractivity contribution in [2.75, 3.05) is 27.8 Å².